The lowest BCUT2D eigenvalue weighted by molar-refractivity contribution is -0.169. The van der Waals surface area contributed by atoms with E-state index in [9.17, 15) is 14.3 Å². The Morgan fingerprint density at radius 2 is 2.12 bits per heavy atom. The van der Waals surface area contributed by atoms with Gasteiger partial charge in [-0.05, 0) is 37.5 Å². The minimum absolute atomic E-state index is 0.133. The maximum Gasteiger partial charge on any atom is 0.343 e. The number of rotatable bonds is 3. The van der Waals surface area contributed by atoms with Gasteiger partial charge in [0.05, 0.1) is 6.61 Å². The van der Waals surface area contributed by atoms with E-state index in [2.05, 4.69) is 4.74 Å². The molecule has 1 fully saturated rings. The Kier molecular flexibility index (Phi) is 4.18. The van der Waals surface area contributed by atoms with Crippen LogP contribution >= 0.6 is 0 Å². The highest BCUT2D eigenvalue weighted by Crippen LogP contribution is 2.46. The monoisotopic (exact) mass is 246 g/mol. The molecule has 1 rings (SSSR count). The summed E-state index contributed by atoms with van der Waals surface area (Å²) in [4.78, 5) is 11.4. The second-order valence-electron chi connectivity index (χ2n) is 6.07. The summed E-state index contributed by atoms with van der Waals surface area (Å²) in [6.45, 7) is 7.72. The fourth-order valence-corrected chi connectivity index (χ4v) is 3.22. The summed E-state index contributed by atoms with van der Waals surface area (Å²) in [6, 6.07) is 0. The standard InChI is InChI=1S/C13H23FO3/c1-5-17-11(15)10(14)13(16)7-9(2)6-12(3,4)8-13/h9-10,16H,5-8H2,1-4H3. The summed E-state index contributed by atoms with van der Waals surface area (Å²) in [6.07, 6.45) is -0.393. The smallest absolute Gasteiger partial charge is 0.343 e. The molecule has 0 aromatic carbocycles. The van der Waals surface area contributed by atoms with Crippen molar-refractivity contribution in [3.8, 4) is 0 Å². The van der Waals surface area contributed by atoms with Crippen molar-refractivity contribution < 1.29 is 19.0 Å². The maximum atomic E-state index is 14.0. The third kappa shape index (κ3) is 3.41. The molecular weight excluding hydrogens is 223 g/mol. The van der Waals surface area contributed by atoms with E-state index in [1.54, 1.807) is 6.92 Å². The lowest BCUT2D eigenvalue weighted by Gasteiger charge is -2.45. The highest BCUT2D eigenvalue weighted by atomic mass is 19.1. The van der Waals surface area contributed by atoms with Gasteiger partial charge in [0.15, 0.2) is 0 Å². The molecule has 0 saturated heterocycles. The van der Waals surface area contributed by atoms with Crippen molar-refractivity contribution in [2.45, 2.75) is 58.7 Å². The quantitative estimate of drug-likeness (QED) is 0.778. The molecule has 17 heavy (non-hydrogen) atoms. The fraction of sp³-hybridized carbons (Fsp3) is 0.923. The fourth-order valence-electron chi connectivity index (χ4n) is 3.22. The molecule has 100 valence electrons. The van der Waals surface area contributed by atoms with Crippen LogP contribution in [0.25, 0.3) is 0 Å². The molecule has 0 aromatic heterocycles. The van der Waals surface area contributed by atoms with Gasteiger partial charge in [0.25, 0.3) is 0 Å². The first-order chi connectivity index (χ1) is 7.70. The minimum Gasteiger partial charge on any atom is -0.464 e. The van der Waals surface area contributed by atoms with Crippen LogP contribution in [0.3, 0.4) is 0 Å². The maximum absolute atomic E-state index is 14.0. The Labute approximate surface area is 102 Å². The van der Waals surface area contributed by atoms with E-state index >= 15 is 0 Å². The van der Waals surface area contributed by atoms with Gasteiger partial charge in [-0.1, -0.05) is 20.8 Å². The number of esters is 1. The first-order valence-electron chi connectivity index (χ1n) is 6.23. The van der Waals surface area contributed by atoms with E-state index in [4.69, 9.17) is 0 Å². The lowest BCUT2D eigenvalue weighted by atomic mass is 9.64. The highest BCUT2D eigenvalue weighted by Gasteiger charge is 2.50. The zero-order chi connectivity index (χ0) is 13.3. The van der Waals surface area contributed by atoms with E-state index in [0.717, 1.165) is 6.42 Å². The predicted octanol–water partition coefficient (Wildman–Crippen LogP) is 2.46. The van der Waals surface area contributed by atoms with Crippen LogP contribution in [0.4, 0.5) is 4.39 Å². The van der Waals surface area contributed by atoms with Crippen LogP contribution in [0.15, 0.2) is 0 Å². The average Bonchev–Trinajstić information content (AvgIpc) is 2.12. The number of ether oxygens (including phenoxy) is 1. The van der Waals surface area contributed by atoms with Gasteiger partial charge in [-0.2, -0.15) is 0 Å². The van der Waals surface area contributed by atoms with Crippen LogP contribution in [0.2, 0.25) is 0 Å². The van der Waals surface area contributed by atoms with Crippen LogP contribution < -0.4 is 0 Å². The SMILES string of the molecule is CCOC(=O)C(F)C1(O)CC(C)CC(C)(C)C1. The van der Waals surface area contributed by atoms with Crippen molar-refractivity contribution in [3.05, 3.63) is 0 Å². The Morgan fingerprint density at radius 1 is 1.53 bits per heavy atom. The van der Waals surface area contributed by atoms with Gasteiger partial charge in [0.2, 0.25) is 6.17 Å². The van der Waals surface area contributed by atoms with Gasteiger partial charge in [-0.15, -0.1) is 0 Å². The van der Waals surface area contributed by atoms with Gasteiger partial charge < -0.3 is 9.84 Å². The number of carbonyl (C=O) groups excluding carboxylic acids is 1. The Morgan fingerprint density at radius 3 is 2.59 bits per heavy atom. The van der Waals surface area contributed by atoms with Crippen molar-refractivity contribution in [3.63, 3.8) is 0 Å². The number of alkyl halides is 1. The summed E-state index contributed by atoms with van der Waals surface area (Å²) < 4.78 is 18.7. The van der Waals surface area contributed by atoms with Gasteiger partial charge in [0.1, 0.15) is 5.60 Å². The lowest BCUT2D eigenvalue weighted by Crippen LogP contribution is -2.52. The van der Waals surface area contributed by atoms with Crippen LogP contribution in [0.1, 0.15) is 47.0 Å². The molecule has 0 heterocycles. The molecule has 3 unspecified atom stereocenters. The summed E-state index contributed by atoms with van der Waals surface area (Å²) in [5.41, 5.74) is -1.73. The van der Waals surface area contributed by atoms with Crippen molar-refractivity contribution in [2.24, 2.45) is 11.3 Å². The number of aliphatic hydroxyl groups is 1. The van der Waals surface area contributed by atoms with E-state index in [-0.39, 0.29) is 17.9 Å². The summed E-state index contributed by atoms with van der Waals surface area (Å²) in [5.74, 6) is -0.740. The first-order valence-corrected chi connectivity index (χ1v) is 6.23. The van der Waals surface area contributed by atoms with Crippen molar-refractivity contribution >= 4 is 5.97 Å². The van der Waals surface area contributed by atoms with Gasteiger partial charge >= 0.3 is 5.97 Å². The molecule has 1 saturated carbocycles. The first kappa shape index (κ1) is 14.4. The third-order valence-corrected chi connectivity index (χ3v) is 3.35. The van der Waals surface area contributed by atoms with Crippen LogP contribution in [-0.2, 0) is 9.53 Å². The number of hydrogen-bond donors (Lipinski definition) is 1. The summed E-state index contributed by atoms with van der Waals surface area (Å²) in [7, 11) is 0. The molecule has 3 nitrogen and oxygen atoms in total. The molecule has 1 N–H and O–H groups in total. The van der Waals surface area contributed by atoms with Gasteiger partial charge in [-0.25, -0.2) is 9.18 Å². The predicted molar refractivity (Wildman–Crippen MR) is 63.3 cm³/mol. The second kappa shape index (κ2) is 4.92. The Bertz CT molecular complexity index is 290. The summed E-state index contributed by atoms with van der Waals surface area (Å²) >= 11 is 0. The molecule has 3 atom stereocenters. The molecule has 0 amide bonds. The van der Waals surface area contributed by atoms with E-state index in [1.807, 2.05) is 20.8 Å². The zero-order valence-electron chi connectivity index (χ0n) is 11.1. The largest absolute Gasteiger partial charge is 0.464 e. The highest BCUT2D eigenvalue weighted by molar-refractivity contribution is 5.76. The third-order valence-electron chi connectivity index (χ3n) is 3.35. The van der Waals surface area contributed by atoms with Crippen molar-refractivity contribution in [2.75, 3.05) is 6.61 Å². The van der Waals surface area contributed by atoms with E-state index in [0.29, 0.717) is 12.8 Å². The van der Waals surface area contributed by atoms with Crippen LogP contribution in [0.5, 0.6) is 0 Å². The molecule has 0 aliphatic heterocycles. The molecule has 0 spiro atoms. The van der Waals surface area contributed by atoms with E-state index < -0.39 is 17.7 Å². The molecule has 1 aliphatic rings. The normalized spacial score (nSPS) is 34.1. The molecule has 0 bridgehead atoms. The second-order valence-corrected chi connectivity index (χ2v) is 6.07. The molecule has 4 heteroatoms. The molecule has 0 radical (unpaired) electrons. The molecule has 0 aromatic rings. The van der Waals surface area contributed by atoms with Gasteiger partial charge in [0, 0.05) is 0 Å². The van der Waals surface area contributed by atoms with E-state index in [1.165, 1.54) is 0 Å². The number of halogens is 1. The zero-order valence-corrected chi connectivity index (χ0v) is 11.1. The van der Waals surface area contributed by atoms with Crippen LogP contribution in [0, 0.1) is 11.3 Å². The average molecular weight is 246 g/mol. The Balaban J connectivity index is 2.82. The molecular formula is C13H23FO3. The Hall–Kier alpha value is -0.640. The number of carbonyl (C=O) groups is 1. The van der Waals surface area contributed by atoms with Crippen LogP contribution in [-0.4, -0.2) is 29.5 Å². The van der Waals surface area contributed by atoms with Crippen molar-refractivity contribution in [1.29, 1.82) is 0 Å². The molecule has 1 aliphatic carbocycles. The summed E-state index contributed by atoms with van der Waals surface area (Å²) in [5, 5.41) is 10.4. The number of hydrogen-bond acceptors (Lipinski definition) is 3. The minimum atomic E-state index is -1.94. The topological polar surface area (TPSA) is 46.5 Å². The van der Waals surface area contributed by atoms with Gasteiger partial charge in [-0.3, -0.25) is 0 Å². The van der Waals surface area contributed by atoms with Crippen molar-refractivity contribution in [1.82, 2.24) is 0 Å².